The van der Waals surface area contributed by atoms with Gasteiger partial charge in [0.05, 0.1) is 22.7 Å². The average molecular weight is 871 g/mol. The van der Waals surface area contributed by atoms with Gasteiger partial charge in [0.15, 0.2) is 0 Å². The van der Waals surface area contributed by atoms with E-state index in [-0.39, 0.29) is 13.4 Å². The summed E-state index contributed by atoms with van der Waals surface area (Å²) in [5.74, 6) is 0. The number of para-hydroxylation sites is 2. The van der Waals surface area contributed by atoms with Crippen molar-refractivity contribution < 1.29 is 8.83 Å². The number of hydrogen-bond acceptors (Lipinski definition) is 4. The van der Waals surface area contributed by atoms with Crippen LogP contribution in [0.4, 0.5) is 34.1 Å². The van der Waals surface area contributed by atoms with Gasteiger partial charge in [0.2, 0.25) is 0 Å². The molecule has 3 aliphatic heterocycles. The Hall–Kier alpha value is -7.95. The summed E-state index contributed by atoms with van der Waals surface area (Å²) in [6, 6.07) is 59.1. The van der Waals surface area contributed by atoms with E-state index in [0.717, 1.165) is 66.6 Å². The van der Waals surface area contributed by atoms with E-state index in [1.54, 1.807) is 0 Å². The van der Waals surface area contributed by atoms with Gasteiger partial charge in [-0.3, -0.25) is 0 Å². The molecule has 5 heterocycles. The molecule has 68 heavy (non-hydrogen) atoms. The van der Waals surface area contributed by atoms with Crippen LogP contribution < -0.4 is 42.6 Å². The van der Waals surface area contributed by atoms with Crippen LogP contribution in [-0.4, -0.2) is 13.4 Å². The highest BCUT2D eigenvalue weighted by molar-refractivity contribution is 7.01. The van der Waals surface area contributed by atoms with Crippen LogP contribution in [0.5, 0.6) is 0 Å². The largest absolute Gasteiger partial charge is 0.456 e. The number of anilines is 6. The highest BCUT2D eigenvalue weighted by Gasteiger charge is 2.48. The van der Waals surface area contributed by atoms with Gasteiger partial charge in [-0.05, 0) is 146 Å². The number of aryl methyl sites for hydroxylation is 6. The Kier molecular flexibility index (Phi) is 7.50. The summed E-state index contributed by atoms with van der Waals surface area (Å²) in [4.78, 5) is 5.16. The zero-order valence-electron chi connectivity index (χ0n) is 38.9. The number of nitrogens with zero attached hydrogens (tertiary/aromatic N) is 2. The highest BCUT2D eigenvalue weighted by atomic mass is 16.3. The van der Waals surface area contributed by atoms with E-state index in [1.807, 2.05) is 0 Å². The smallest absolute Gasteiger partial charge is 0.252 e. The van der Waals surface area contributed by atoms with Gasteiger partial charge in [0.25, 0.3) is 13.4 Å². The van der Waals surface area contributed by atoms with Crippen LogP contribution in [0.15, 0.2) is 167 Å². The maximum atomic E-state index is 7.24. The van der Waals surface area contributed by atoms with Crippen LogP contribution >= 0.6 is 0 Å². The molecule has 0 saturated heterocycles. The molecule has 0 bridgehead atoms. The molecule has 4 nitrogen and oxygen atoms in total. The van der Waals surface area contributed by atoms with Crippen molar-refractivity contribution in [2.75, 3.05) is 9.80 Å². The third-order valence-electron chi connectivity index (χ3n) is 15.8. The lowest BCUT2D eigenvalue weighted by Crippen LogP contribution is -2.62. The molecule has 2 aromatic heterocycles. The summed E-state index contributed by atoms with van der Waals surface area (Å²) in [6.07, 6.45) is 0. The molecule has 0 fully saturated rings. The molecule has 0 N–H and O–H groups in total. The maximum Gasteiger partial charge on any atom is 0.252 e. The number of hydrogen-bond donors (Lipinski definition) is 0. The molecular formula is C62H44B2N2O2. The van der Waals surface area contributed by atoms with E-state index in [0.29, 0.717) is 0 Å². The lowest BCUT2D eigenvalue weighted by molar-refractivity contribution is 0.671. The van der Waals surface area contributed by atoms with E-state index in [4.69, 9.17) is 8.83 Å². The van der Waals surface area contributed by atoms with Crippen molar-refractivity contribution in [3.05, 3.63) is 191 Å². The second-order valence-electron chi connectivity index (χ2n) is 19.9. The third kappa shape index (κ3) is 4.92. The molecule has 0 radical (unpaired) electrons. The summed E-state index contributed by atoms with van der Waals surface area (Å²) in [6.45, 7) is 13.4. The molecule has 0 amide bonds. The minimum atomic E-state index is -0.0953. The quantitative estimate of drug-likeness (QED) is 0.162. The zero-order valence-corrected chi connectivity index (χ0v) is 38.9. The monoisotopic (exact) mass is 870 g/mol. The van der Waals surface area contributed by atoms with E-state index < -0.39 is 0 Å². The Morgan fingerprint density at radius 3 is 1.12 bits per heavy atom. The van der Waals surface area contributed by atoms with Gasteiger partial charge in [-0.25, -0.2) is 0 Å². The molecular weight excluding hydrogens is 826 g/mol. The van der Waals surface area contributed by atoms with Gasteiger partial charge in [-0.1, -0.05) is 141 Å². The molecule has 0 saturated carbocycles. The molecule has 12 aromatic rings. The molecule has 3 aliphatic rings. The van der Waals surface area contributed by atoms with Crippen molar-refractivity contribution in [3.8, 4) is 0 Å². The van der Waals surface area contributed by atoms with E-state index in [1.165, 1.54) is 99.1 Å². The fourth-order valence-electron chi connectivity index (χ4n) is 13.4. The van der Waals surface area contributed by atoms with Gasteiger partial charge in [0, 0.05) is 32.9 Å². The summed E-state index contributed by atoms with van der Waals surface area (Å²) in [5, 5.41) is 9.37. The fraction of sp³-hybridized carbons (Fsp3) is 0.0968. The van der Waals surface area contributed by atoms with Gasteiger partial charge in [0.1, 0.15) is 22.3 Å². The van der Waals surface area contributed by atoms with Crippen LogP contribution in [0.3, 0.4) is 0 Å². The van der Waals surface area contributed by atoms with Crippen LogP contribution in [0, 0.1) is 41.5 Å². The van der Waals surface area contributed by atoms with E-state index >= 15 is 0 Å². The topological polar surface area (TPSA) is 32.8 Å². The Morgan fingerprint density at radius 1 is 0.338 bits per heavy atom. The molecule has 15 rings (SSSR count). The minimum Gasteiger partial charge on any atom is -0.456 e. The van der Waals surface area contributed by atoms with E-state index in [9.17, 15) is 0 Å². The second-order valence-corrected chi connectivity index (χ2v) is 19.9. The van der Waals surface area contributed by atoms with Crippen molar-refractivity contribution in [2.45, 2.75) is 41.5 Å². The first-order chi connectivity index (χ1) is 33.2. The highest BCUT2D eigenvalue weighted by Crippen LogP contribution is 2.56. The number of rotatable bonds is 2. The van der Waals surface area contributed by atoms with Crippen molar-refractivity contribution in [2.24, 2.45) is 0 Å². The van der Waals surface area contributed by atoms with Crippen molar-refractivity contribution in [1.82, 2.24) is 0 Å². The van der Waals surface area contributed by atoms with Crippen molar-refractivity contribution >= 4 is 146 Å². The van der Waals surface area contributed by atoms with Gasteiger partial charge in [-0.2, -0.15) is 0 Å². The van der Waals surface area contributed by atoms with Crippen LogP contribution in [0.1, 0.15) is 33.4 Å². The number of furan rings is 2. The van der Waals surface area contributed by atoms with Crippen molar-refractivity contribution in [1.29, 1.82) is 0 Å². The van der Waals surface area contributed by atoms with Gasteiger partial charge in [-0.15, -0.1) is 0 Å². The minimum absolute atomic E-state index is 0.0953. The molecule has 0 aliphatic carbocycles. The fourth-order valence-corrected chi connectivity index (χ4v) is 13.4. The third-order valence-corrected chi connectivity index (χ3v) is 15.8. The van der Waals surface area contributed by atoms with Crippen LogP contribution in [-0.2, 0) is 0 Å². The van der Waals surface area contributed by atoms with Gasteiger partial charge >= 0.3 is 0 Å². The first-order valence-electron chi connectivity index (χ1n) is 24.0. The predicted molar refractivity (Wildman–Crippen MR) is 290 cm³/mol. The number of benzene rings is 10. The van der Waals surface area contributed by atoms with Gasteiger partial charge < -0.3 is 18.6 Å². The molecule has 6 heteroatoms. The lowest BCUT2D eigenvalue weighted by atomic mass is 9.32. The maximum absolute atomic E-state index is 7.24. The average Bonchev–Trinajstić information content (AvgIpc) is 3.88. The first kappa shape index (κ1) is 38.2. The van der Waals surface area contributed by atoms with Crippen LogP contribution in [0.25, 0.3) is 65.4 Å². The Bertz CT molecular complexity index is 3950. The summed E-state index contributed by atoms with van der Waals surface area (Å²) in [5.41, 5.74) is 26.1. The van der Waals surface area contributed by atoms with E-state index in [2.05, 4.69) is 209 Å². The standard InChI is InChI=1S/C62H44B2N2O2/c1-33-25-35(3)55(36(4)26-33)63-47-17-11-19-51-59(47)65(49-23-21-43-45-29-39-13-7-9-15-41(39)31-53(45)67-61(43)57(49)63)52-20-12-18-48-60(52)66(51)50-24-22-44-46-30-40-14-8-10-16-42(40)32-54(46)68-62(44)58(50)64(48)56-37(5)27-34(2)28-38(56)6/h7-32H,1-6H3. The number of fused-ring (bicyclic) bond motifs is 16. The Labute approximate surface area is 395 Å². The summed E-state index contributed by atoms with van der Waals surface area (Å²) in [7, 11) is 0. The van der Waals surface area contributed by atoms with Crippen LogP contribution in [0.2, 0.25) is 0 Å². The predicted octanol–water partition coefficient (Wildman–Crippen LogP) is 12.6. The summed E-state index contributed by atoms with van der Waals surface area (Å²) >= 11 is 0. The second kappa shape index (κ2) is 13.4. The molecule has 0 spiro atoms. The summed E-state index contributed by atoms with van der Waals surface area (Å²) < 4.78 is 14.5. The molecule has 0 atom stereocenters. The molecule has 10 aromatic carbocycles. The normalized spacial score (nSPS) is 13.6. The Balaban J connectivity index is 1.07. The molecule has 320 valence electrons. The first-order valence-corrected chi connectivity index (χ1v) is 24.0. The lowest BCUT2D eigenvalue weighted by Gasteiger charge is -2.49. The SMILES string of the molecule is Cc1cc(C)c(B2c3cccc4c3N(c3cccc5c3N4c3ccc4c(oc6cc7ccccc7cc64)c3B5c3c(C)cc(C)cc3C)c3ccc4c(oc5cc6ccccc6cc54)c32)c(C)c1. The molecule has 0 unspecified atom stereocenters. The zero-order chi connectivity index (χ0) is 45.4. The van der Waals surface area contributed by atoms with Crippen molar-refractivity contribution in [3.63, 3.8) is 0 Å². The Morgan fingerprint density at radius 2 is 0.721 bits per heavy atom.